The molecule has 3 aromatic rings. The van der Waals surface area contributed by atoms with Gasteiger partial charge in [0.05, 0.1) is 0 Å². The van der Waals surface area contributed by atoms with Crippen LogP contribution in [0.3, 0.4) is 0 Å². The molecule has 0 spiro atoms. The topological polar surface area (TPSA) is 81.3 Å². The number of amides is 1. The van der Waals surface area contributed by atoms with E-state index in [0.29, 0.717) is 31.4 Å². The van der Waals surface area contributed by atoms with Gasteiger partial charge < -0.3 is 20.9 Å². The van der Waals surface area contributed by atoms with Crippen molar-refractivity contribution in [2.24, 2.45) is 10.9 Å². The number of halogens is 2. The van der Waals surface area contributed by atoms with Gasteiger partial charge in [-0.15, -0.1) is 24.0 Å². The van der Waals surface area contributed by atoms with Crippen LogP contribution in [0.15, 0.2) is 53.7 Å². The lowest BCUT2D eigenvalue weighted by Crippen LogP contribution is -2.37. The molecule has 1 aromatic heterocycles. The number of benzene rings is 2. The van der Waals surface area contributed by atoms with Gasteiger partial charge in [0.1, 0.15) is 5.82 Å². The highest BCUT2D eigenvalue weighted by Crippen LogP contribution is 2.19. The summed E-state index contributed by atoms with van der Waals surface area (Å²) < 4.78 is 13.3. The molecule has 0 saturated carbocycles. The maximum absolute atomic E-state index is 13.3. The summed E-state index contributed by atoms with van der Waals surface area (Å²) in [6.45, 7) is 5.32. The Morgan fingerprint density at radius 2 is 1.97 bits per heavy atom. The van der Waals surface area contributed by atoms with E-state index in [1.165, 1.54) is 12.1 Å². The molecule has 0 aliphatic carbocycles. The lowest BCUT2D eigenvalue weighted by atomic mass is 10.1. The molecule has 0 fully saturated rings. The molecule has 1 amide bonds. The number of hydrogen-bond acceptors (Lipinski definition) is 2. The second-order valence-electron chi connectivity index (χ2n) is 7.95. The Kier molecular flexibility index (Phi) is 9.96. The summed E-state index contributed by atoms with van der Waals surface area (Å²) in [4.78, 5) is 19.4. The van der Waals surface area contributed by atoms with E-state index >= 15 is 0 Å². The molecule has 0 aliphatic rings. The summed E-state index contributed by atoms with van der Waals surface area (Å²) in [5, 5.41) is 10.6. The summed E-state index contributed by atoms with van der Waals surface area (Å²) in [6, 6.07) is 12.6. The molecule has 1 heterocycles. The average molecular weight is 551 g/mol. The smallest absolute Gasteiger partial charge is 0.224 e. The summed E-state index contributed by atoms with van der Waals surface area (Å²) >= 11 is 0. The minimum Gasteiger partial charge on any atom is -0.361 e. The van der Waals surface area contributed by atoms with Crippen LogP contribution in [0.1, 0.15) is 31.4 Å². The summed E-state index contributed by atoms with van der Waals surface area (Å²) in [6.07, 6.45) is 3.20. The molecular weight excluding hydrogens is 520 g/mol. The Hall–Kier alpha value is -2.62. The average Bonchev–Trinajstić information content (AvgIpc) is 3.12. The van der Waals surface area contributed by atoms with Crippen LogP contribution in [0.2, 0.25) is 0 Å². The normalized spacial score (nSPS) is 11.3. The number of anilines is 1. The van der Waals surface area contributed by atoms with Crippen molar-refractivity contribution in [2.45, 2.75) is 33.2 Å². The number of guanidine groups is 1. The van der Waals surface area contributed by atoms with E-state index in [1.807, 2.05) is 44.3 Å². The minimum atomic E-state index is -0.243. The first-order chi connectivity index (χ1) is 14.9. The lowest BCUT2D eigenvalue weighted by Gasteiger charge is -2.13. The number of fused-ring (bicyclic) bond motifs is 1. The molecule has 4 N–H and O–H groups in total. The van der Waals surface area contributed by atoms with Crippen LogP contribution in [-0.4, -0.2) is 30.4 Å². The number of H-pyrrole nitrogens is 1. The number of carbonyl (C=O) groups is 1. The van der Waals surface area contributed by atoms with Crippen molar-refractivity contribution in [1.29, 1.82) is 0 Å². The van der Waals surface area contributed by atoms with Gasteiger partial charge in [-0.3, -0.25) is 9.79 Å². The first kappa shape index (κ1) is 25.6. The molecule has 0 aliphatic heterocycles. The maximum atomic E-state index is 13.3. The maximum Gasteiger partial charge on any atom is 0.224 e. The summed E-state index contributed by atoms with van der Waals surface area (Å²) in [7, 11) is 1.73. The van der Waals surface area contributed by atoms with Gasteiger partial charge in [0, 0.05) is 49.3 Å². The number of carbonyl (C=O) groups excluding carboxylic acids is 1. The van der Waals surface area contributed by atoms with Gasteiger partial charge in [0.2, 0.25) is 5.91 Å². The van der Waals surface area contributed by atoms with E-state index in [9.17, 15) is 9.18 Å². The van der Waals surface area contributed by atoms with Crippen LogP contribution < -0.4 is 16.0 Å². The highest BCUT2D eigenvalue weighted by molar-refractivity contribution is 14.0. The molecule has 3 rings (SSSR count). The van der Waals surface area contributed by atoms with Crippen molar-refractivity contribution in [3.63, 3.8) is 0 Å². The highest BCUT2D eigenvalue weighted by atomic mass is 127. The van der Waals surface area contributed by atoms with Crippen molar-refractivity contribution in [3.05, 3.63) is 65.6 Å². The summed E-state index contributed by atoms with van der Waals surface area (Å²) in [5.41, 5.74) is 3.77. The molecule has 0 atom stereocenters. The largest absolute Gasteiger partial charge is 0.361 e. The first-order valence-corrected chi connectivity index (χ1v) is 10.5. The molecule has 0 saturated heterocycles. The Morgan fingerprint density at radius 3 is 2.72 bits per heavy atom. The van der Waals surface area contributed by atoms with E-state index in [2.05, 4.69) is 25.9 Å². The molecule has 172 valence electrons. The zero-order valence-electron chi connectivity index (χ0n) is 18.7. The zero-order valence-corrected chi connectivity index (χ0v) is 21.0. The second kappa shape index (κ2) is 12.4. The van der Waals surface area contributed by atoms with Crippen LogP contribution in [0, 0.1) is 11.7 Å². The van der Waals surface area contributed by atoms with Crippen LogP contribution in [0.4, 0.5) is 10.1 Å². The van der Waals surface area contributed by atoms with E-state index in [0.717, 1.165) is 34.1 Å². The quantitative estimate of drug-likeness (QED) is 0.184. The van der Waals surface area contributed by atoms with E-state index in [1.54, 1.807) is 13.1 Å². The lowest BCUT2D eigenvalue weighted by molar-refractivity contribution is -0.116. The zero-order chi connectivity index (χ0) is 22.2. The van der Waals surface area contributed by atoms with E-state index < -0.39 is 0 Å². The van der Waals surface area contributed by atoms with Crippen molar-refractivity contribution in [1.82, 2.24) is 15.6 Å². The third-order valence-electron chi connectivity index (χ3n) is 4.90. The number of nitrogens with one attached hydrogen (secondary N) is 4. The molecule has 0 radical (unpaired) electrons. The van der Waals surface area contributed by atoms with Crippen LogP contribution in [0.25, 0.3) is 10.9 Å². The monoisotopic (exact) mass is 551 g/mol. The van der Waals surface area contributed by atoms with Crippen molar-refractivity contribution >= 4 is 52.4 Å². The van der Waals surface area contributed by atoms with Gasteiger partial charge in [-0.05, 0) is 53.8 Å². The van der Waals surface area contributed by atoms with Crippen LogP contribution >= 0.6 is 24.0 Å². The molecule has 2 aromatic carbocycles. The van der Waals surface area contributed by atoms with Crippen molar-refractivity contribution < 1.29 is 9.18 Å². The predicted octanol–water partition coefficient (Wildman–Crippen LogP) is 4.82. The third-order valence-corrected chi connectivity index (χ3v) is 4.90. The van der Waals surface area contributed by atoms with Gasteiger partial charge in [0.25, 0.3) is 0 Å². The Balaban J connectivity index is 0.00000363. The van der Waals surface area contributed by atoms with Gasteiger partial charge in [0.15, 0.2) is 5.96 Å². The highest BCUT2D eigenvalue weighted by Gasteiger charge is 2.07. The van der Waals surface area contributed by atoms with Crippen molar-refractivity contribution in [3.8, 4) is 0 Å². The molecule has 6 nitrogen and oxygen atoms in total. The number of hydrogen-bond donors (Lipinski definition) is 4. The number of aromatic nitrogens is 1. The summed E-state index contributed by atoms with van der Waals surface area (Å²) in [5.74, 6) is 0.801. The Morgan fingerprint density at radius 1 is 1.16 bits per heavy atom. The van der Waals surface area contributed by atoms with Gasteiger partial charge in [-0.25, -0.2) is 4.39 Å². The number of nitrogens with zero attached hydrogens (tertiary/aromatic N) is 1. The SMILES string of the molecule is CN=C(NCCc1c[nH]c2cc(F)ccc12)NCc1cccc(NC(=O)CC(C)C)c1.I. The number of aromatic amines is 1. The van der Waals surface area contributed by atoms with Gasteiger partial charge in [-0.2, -0.15) is 0 Å². The standard InChI is InChI=1S/C24H30FN5O.HI/c1-16(2)11-23(31)30-20-6-4-5-17(12-20)14-29-24(26-3)27-10-9-18-15-28-22-13-19(25)7-8-21(18)22;/h4-8,12-13,15-16,28H,9-11,14H2,1-3H3,(H,30,31)(H2,26,27,29);1H. The molecular formula is C24H31FIN5O. The minimum absolute atomic E-state index is 0. The van der Waals surface area contributed by atoms with Crippen LogP contribution in [0.5, 0.6) is 0 Å². The third kappa shape index (κ3) is 7.51. The number of rotatable bonds is 8. The van der Waals surface area contributed by atoms with Crippen LogP contribution in [-0.2, 0) is 17.8 Å². The van der Waals surface area contributed by atoms with E-state index in [4.69, 9.17) is 0 Å². The second-order valence-corrected chi connectivity index (χ2v) is 7.95. The van der Waals surface area contributed by atoms with Gasteiger partial charge in [-0.1, -0.05) is 26.0 Å². The molecule has 8 heteroatoms. The van der Waals surface area contributed by atoms with Crippen molar-refractivity contribution in [2.75, 3.05) is 18.9 Å². The Bertz CT molecular complexity index is 1060. The fourth-order valence-electron chi connectivity index (χ4n) is 3.43. The first-order valence-electron chi connectivity index (χ1n) is 10.5. The van der Waals surface area contributed by atoms with E-state index in [-0.39, 0.29) is 35.7 Å². The fourth-order valence-corrected chi connectivity index (χ4v) is 3.43. The number of aliphatic imine (C=N–C) groups is 1. The Labute approximate surface area is 205 Å². The molecule has 32 heavy (non-hydrogen) atoms. The molecule has 0 bridgehead atoms. The fraction of sp³-hybridized carbons (Fsp3) is 0.333. The van der Waals surface area contributed by atoms with Gasteiger partial charge >= 0.3 is 0 Å². The predicted molar refractivity (Wildman–Crippen MR) is 140 cm³/mol. The molecule has 0 unspecified atom stereocenters.